The lowest BCUT2D eigenvalue weighted by molar-refractivity contribution is 0.252. The van der Waals surface area contributed by atoms with E-state index < -0.39 is 10.0 Å². The van der Waals surface area contributed by atoms with Gasteiger partial charge in [0, 0.05) is 6.54 Å². The van der Waals surface area contributed by atoms with Crippen LogP contribution in [0.4, 0.5) is 0 Å². The zero-order valence-electron chi connectivity index (χ0n) is 12.5. The maximum atomic E-state index is 11.8. The van der Waals surface area contributed by atoms with Gasteiger partial charge in [-0.25, -0.2) is 13.1 Å². The molecule has 0 fully saturated rings. The second-order valence-electron chi connectivity index (χ2n) is 5.84. The van der Waals surface area contributed by atoms with E-state index >= 15 is 0 Å². The van der Waals surface area contributed by atoms with Gasteiger partial charge in [0.1, 0.15) is 0 Å². The lowest BCUT2D eigenvalue weighted by Crippen LogP contribution is -2.38. The Hall–Kier alpha value is -0.130. The van der Waals surface area contributed by atoms with Gasteiger partial charge in [0.15, 0.2) is 0 Å². The molecule has 0 aliphatic heterocycles. The van der Waals surface area contributed by atoms with E-state index in [-0.39, 0.29) is 11.2 Å². The number of unbranched alkanes of at least 4 members (excludes halogenated alkanes) is 1. The van der Waals surface area contributed by atoms with Crippen LogP contribution in [0.25, 0.3) is 0 Å². The standard InChI is InChI=1S/C13H30N2O2S/c1-6-14-9-7-8-10-18(16,17)15-11-13(4,5)12(2)3/h12,14-15H,6-11H2,1-5H3. The van der Waals surface area contributed by atoms with Gasteiger partial charge in [-0.1, -0.05) is 34.6 Å². The van der Waals surface area contributed by atoms with Crippen molar-refractivity contribution in [2.45, 2.75) is 47.5 Å². The van der Waals surface area contributed by atoms with Crippen molar-refractivity contribution in [3.8, 4) is 0 Å². The van der Waals surface area contributed by atoms with Crippen LogP contribution in [0.15, 0.2) is 0 Å². The highest BCUT2D eigenvalue weighted by Gasteiger charge is 2.24. The largest absolute Gasteiger partial charge is 0.317 e. The van der Waals surface area contributed by atoms with Crippen LogP contribution in [0.1, 0.15) is 47.5 Å². The van der Waals surface area contributed by atoms with Crippen molar-refractivity contribution < 1.29 is 8.42 Å². The predicted octanol–water partition coefficient (Wildman–Crippen LogP) is 1.98. The molecule has 0 heterocycles. The van der Waals surface area contributed by atoms with Crippen LogP contribution in [0.2, 0.25) is 0 Å². The molecule has 0 saturated heterocycles. The third kappa shape index (κ3) is 8.06. The van der Waals surface area contributed by atoms with Crippen LogP contribution in [-0.2, 0) is 10.0 Å². The minimum Gasteiger partial charge on any atom is -0.317 e. The van der Waals surface area contributed by atoms with Gasteiger partial charge in [-0.2, -0.15) is 0 Å². The molecule has 110 valence electrons. The highest BCUT2D eigenvalue weighted by Crippen LogP contribution is 2.24. The number of hydrogen-bond donors (Lipinski definition) is 2. The normalized spacial score (nSPS) is 13.2. The summed E-state index contributed by atoms with van der Waals surface area (Å²) in [5.74, 6) is 0.681. The Morgan fingerprint density at radius 2 is 1.78 bits per heavy atom. The molecule has 0 aliphatic rings. The SMILES string of the molecule is CCNCCCCS(=O)(=O)NCC(C)(C)C(C)C. The van der Waals surface area contributed by atoms with Crippen LogP contribution in [0, 0.1) is 11.3 Å². The van der Waals surface area contributed by atoms with Crippen LogP contribution < -0.4 is 10.0 Å². The summed E-state index contributed by atoms with van der Waals surface area (Å²) >= 11 is 0. The van der Waals surface area contributed by atoms with E-state index in [2.05, 4.69) is 37.7 Å². The zero-order chi connectivity index (χ0) is 14.2. The lowest BCUT2D eigenvalue weighted by atomic mass is 9.81. The minimum atomic E-state index is -3.11. The molecule has 0 aliphatic carbocycles. The second kappa shape index (κ2) is 8.12. The van der Waals surface area contributed by atoms with Crippen LogP contribution >= 0.6 is 0 Å². The fourth-order valence-electron chi connectivity index (χ4n) is 1.29. The molecule has 0 atom stereocenters. The summed E-state index contributed by atoms with van der Waals surface area (Å²) in [7, 11) is -3.11. The third-order valence-electron chi connectivity index (χ3n) is 3.58. The zero-order valence-corrected chi connectivity index (χ0v) is 13.4. The first-order valence-corrected chi connectivity index (χ1v) is 8.54. The van der Waals surface area contributed by atoms with Gasteiger partial charge < -0.3 is 5.32 Å². The molecular weight excluding hydrogens is 248 g/mol. The topological polar surface area (TPSA) is 58.2 Å². The van der Waals surface area contributed by atoms with Gasteiger partial charge in [-0.15, -0.1) is 0 Å². The number of nitrogens with one attached hydrogen (secondary N) is 2. The average Bonchev–Trinajstić information content (AvgIpc) is 2.26. The summed E-state index contributed by atoms with van der Waals surface area (Å²) in [5, 5.41) is 3.19. The number of sulfonamides is 1. The van der Waals surface area contributed by atoms with Gasteiger partial charge >= 0.3 is 0 Å². The second-order valence-corrected chi connectivity index (χ2v) is 7.77. The summed E-state index contributed by atoms with van der Waals surface area (Å²) in [4.78, 5) is 0. The first-order valence-electron chi connectivity index (χ1n) is 6.89. The highest BCUT2D eigenvalue weighted by atomic mass is 32.2. The summed E-state index contributed by atoms with van der Waals surface area (Å²) < 4.78 is 26.3. The number of hydrogen-bond acceptors (Lipinski definition) is 3. The maximum absolute atomic E-state index is 11.8. The summed E-state index contributed by atoms with van der Waals surface area (Å²) in [6.07, 6.45) is 1.62. The molecule has 0 aromatic heterocycles. The maximum Gasteiger partial charge on any atom is 0.211 e. The molecule has 0 spiro atoms. The Bertz CT molecular complexity index is 311. The molecule has 0 rings (SSSR count). The van der Waals surface area contributed by atoms with E-state index in [9.17, 15) is 8.42 Å². The monoisotopic (exact) mass is 278 g/mol. The van der Waals surface area contributed by atoms with E-state index in [0.29, 0.717) is 18.9 Å². The highest BCUT2D eigenvalue weighted by molar-refractivity contribution is 7.89. The predicted molar refractivity (Wildman–Crippen MR) is 78.2 cm³/mol. The van der Waals surface area contributed by atoms with E-state index in [4.69, 9.17) is 0 Å². The first kappa shape index (κ1) is 17.9. The van der Waals surface area contributed by atoms with E-state index in [1.165, 1.54) is 0 Å². The molecule has 0 unspecified atom stereocenters. The third-order valence-corrected chi connectivity index (χ3v) is 4.99. The molecule has 0 aromatic rings. The van der Waals surface area contributed by atoms with Gasteiger partial charge in [0.05, 0.1) is 5.75 Å². The van der Waals surface area contributed by atoms with Crippen LogP contribution in [0.5, 0.6) is 0 Å². The first-order chi connectivity index (χ1) is 8.21. The lowest BCUT2D eigenvalue weighted by Gasteiger charge is -2.29. The Morgan fingerprint density at radius 3 is 2.28 bits per heavy atom. The van der Waals surface area contributed by atoms with E-state index in [0.717, 1.165) is 19.5 Å². The summed E-state index contributed by atoms with van der Waals surface area (Å²) in [5.41, 5.74) is -0.00314. The van der Waals surface area contributed by atoms with Crippen molar-refractivity contribution in [3.63, 3.8) is 0 Å². The molecule has 0 bridgehead atoms. The molecule has 0 aromatic carbocycles. The smallest absolute Gasteiger partial charge is 0.211 e. The fourth-order valence-corrected chi connectivity index (χ4v) is 2.61. The van der Waals surface area contributed by atoms with Crippen molar-refractivity contribution in [3.05, 3.63) is 0 Å². The Labute approximate surface area is 113 Å². The van der Waals surface area contributed by atoms with E-state index in [1.54, 1.807) is 0 Å². The average molecular weight is 278 g/mol. The molecule has 4 nitrogen and oxygen atoms in total. The molecule has 2 N–H and O–H groups in total. The molecule has 18 heavy (non-hydrogen) atoms. The van der Waals surface area contributed by atoms with Crippen LogP contribution in [-0.4, -0.2) is 33.8 Å². The van der Waals surface area contributed by atoms with Crippen molar-refractivity contribution >= 4 is 10.0 Å². The quantitative estimate of drug-likeness (QED) is 0.601. The molecule has 0 radical (unpaired) electrons. The molecule has 0 amide bonds. The summed E-state index contributed by atoms with van der Waals surface area (Å²) in [6.45, 7) is 12.8. The molecule has 0 saturated carbocycles. The molecule has 5 heteroatoms. The Morgan fingerprint density at radius 1 is 1.17 bits per heavy atom. The van der Waals surface area contributed by atoms with Crippen molar-refractivity contribution in [1.82, 2.24) is 10.0 Å². The van der Waals surface area contributed by atoms with Gasteiger partial charge in [-0.05, 0) is 37.3 Å². The Balaban J connectivity index is 3.94. The number of rotatable bonds is 10. The van der Waals surface area contributed by atoms with Crippen molar-refractivity contribution in [2.75, 3.05) is 25.4 Å². The molecular formula is C13H30N2O2S. The minimum absolute atomic E-state index is 0.00314. The summed E-state index contributed by atoms with van der Waals surface area (Å²) in [6, 6.07) is 0. The van der Waals surface area contributed by atoms with Crippen molar-refractivity contribution in [2.24, 2.45) is 11.3 Å². The Kier molecular flexibility index (Phi) is 8.06. The van der Waals surface area contributed by atoms with Gasteiger partial charge in [-0.3, -0.25) is 0 Å². The van der Waals surface area contributed by atoms with Crippen molar-refractivity contribution in [1.29, 1.82) is 0 Å². The van der Waals surface area contributed by atoms with Gasteiger partial charge in [0.25, 0.3) is 0 Å². The van der Waals surface area contributed by atoms with E-state index in [1.807, 2.05) is 6.92 Å². The van der Waals surface area contributed by atoms with Crippen LogP contribution in [0.3, 0.4) is 0 Å². The van der Waals surface area contributed by atoms with Gasteiger partial charge in [0.2, 0.25) is 10.0 Å². The fraction of sp³-hybridized carbons (Fsp3) is 1.00.